The van der Waals surface area contributed by atoms with Crippen molar-refractivity contribution in [2.45, 2.75) is 18.4 Å². The number of aromatic amines is 1. The molecule has 1 amide bonds. The quantitative estimate of drug-likeness (QED) is 0.838. The Bertz CT molecular complexity index is 851. The molecule has 0 spiro atoms. The number of ether oxygens (including phenoxy) is 1. The molecule has 2 heterocycles. The van der Waals surface area contributed by atoms with E-state index < -0.39 is 10.0 Å². The van der Waals surface area contributed by atoms with Crippen LogP contribution >= 0.6 is 0 Å². The number of amides is 1. The van der Waals surface area contributed by atoms with E-state index in [0.717, 1.165) is 5.56 Å². The number of nitrogens with zero attached hydrogens (tertiary/aromatic N) is 3. The van der Waals surface area contributed by atoms with Crippen LogP contribution in [0.2, 0.25) is 0 Å². The summed E-state index contributed by atoms with van der Waals surface area (Å²) < 4.78 is 32.1. The minimum atomic E-state index is -3.61. The van der Waals surface area contributed by atoms with Crippen LogP contribution in [-0.2, 0) is 14.8 Å². The highest BCUT2D eigenvalue weighted by Gasteiger charge is 2.29. The molecule has 3 rings (SSSR count). The van der Waals surface area contributed by atoms with Crippen molar-refractivity contribution in [3.05, 3.63) is 42.4 Å². The predicted molar refractivity (Wildman–Crippen MR) is 95.2 cm³/mol. The second kappa shape index (κ2) is 7.88. The summed E-state index contributed by atoms with van der Waals surface area (Å²) in [4.78, 5) is 20.5. The van der Waals surface area contributed by atoms with Gasteiger partial charge in [0.15, 0.2) is 11.6 Å². The first kappa shape index (κ1) is 18.4. The van der Waals surface area contributed by atoms with E-state index in [1.807, 2.05) is 31.2 Å². The maximum absolute atomic E-state index is 12.6. The van der Waals surface area contributed by atoms with E-state index in [4.69, 9.17) is 4.74 Å². The first-order valence-electron chi connectivity index (χ1n) is 8.43. The van der Waals surface area contributed by atoms with Crippen LogP contribution in [0.3, 0.4) is 0 Å². The normalized spacial score (nSPS) is 16.3. The molecule has 1 aromatic heterocycles. The molecule has 1 N–H and O–H groups in total. The van der Waals surface area contributed by atoms with Gasteiger partial charge in [-0.05, 0) is 25.0 Å². The molecule has 0 bridgehead atoms. The molecule has 1 aliphatic rings. The van der Waals surface area contributed by atoms with Gasteiger partial charge in [0.25, 0.3) is 15.9 Å². The number of hydrogen-bond donors (Lipinski definition) is 1. The topological polar surface area (TPSA) is 95.6 Å². The highest BCUT2D eigenvalue weighted by atomic mass is 32.2. The number of H-pyrrole nitrogens is 1. The summed E-state index contributed by atoms with van der Waals surface area (Å²) >= 11 is 0. The maximum Gasteiger partial charge on any atom is 0.260 e. The highest BCUT2D eigenvalue weighted by Crippen LogP contribution is 2.17. The molecular weight excluding hydrogens is 356 g/mol. The first-order valence-corrected chi connectivity index (χ1v) is 9.87. The number of sulfonamides is 1. The zero-order valence-electron chi connectivity index (χ0n) is 14.6. The van der Waals surface area contributed by atoms with Gasteiger partial charge in [-0.2, -0.15) is 4.31 Å². The Balaban J connectivity index is 1.58. The zero-order valence-corrected chi connectivity index (χ0v) is 15.4. The van der Waals surface area contributed by atoms with Crippen molar-refractivity contribution in [2.75, 3.05) is 32.8 Å². The van der Waals surface area contributed by atoms with Crippen LogP contribution in [0.15, 0.2) is 41.8 Å². The van der Waals surface area contributed by atoms with Crippen molar-refractivity contribution >= 4 is 15.9 Å². The van der Waals surface area contributed by atoms with Gasteiger partial charge in [-0.15, -0.1) is 0 Å². The van der Waals surface area contributed by atoms with Gasteiger partial charge < -0.3 is 14.6 Å². The number of carbonyl (C=O) groups is 1. The summed E-state index contributed by atoms with van der Waals surface area (Å²) in [5.74, 6) is 0.535. The smallest absolute Gasteiger partial charge is 0.260 e. The van der Waals surface area contributed by atoms with Crippen LogP contribution in [0, 0.1) is 6.92 Å². The van der Waals surface area contributed by atoms with Gasteiger partial charge in [0, 0.05) is 26.2 Å². The molecule has 1 aliphatic heterocycles. The van der Waals surface area contributed by atoms with Gasteiger partial charge in [-0.1, -0.05) is 18.2 Å². The third kappa shape index (κ3) is 4.05. The van der Waals surface area contributed by atoms with Gasteiger partial charge in [0.1, 0.15) is 5.75 Å². The van der Waals surface area contributed by atoms with Crippen molar-refractivity contribution in [3.63, 3.8) is 0 Å². The Morgan fingerprint density at radius 1 is 1.23 bits per heavy atom. The number of aromatic nitrogens is 2. The van der Waals surface area contributed by atoms with Crippen molar-refractivity contribution in [1.29, 1.82) is 0 Å². The number of rotatable bonds is 5. The Hall–Kier alpha value is -2.39. The minimum Gasteiger partial charge on any atom is -0.484 e. The summed E-state index contributed by atoms with van der Waals surface area (Å²) in [7, 11) is -3.61. The van der Waals surface area contributed by atoms with E-state index in [-0.39, 0.29) is 24.1 Å². The molecule has 0 aliphatic carbocycles. The Morgan fingerprint density at radius 3 is 2.77 bits per heavy atom. The molecule has 0 radical (unpaired) electrons. The predicted octanol–water partition coefficient (Wildman–Crippen LogP) is 1.02. The lowest BCUT2D eigenvalue weighted by Crippen LogP contribution is -2.39. The van der Waals surface area contributed by atoms with Crippen molar-refractivity contribution in [1.82, 2.24) is 19.2 Å². The lowest BCUT2D eigenvalue weighted by atomic mass is 10.2. The zero-order chi connectivity index (χ0) is 18.6. The number of nitrogens with one attached hydrogen (secondary N) is 1. The van der Waals surface area contributed by atoms with E-state index in [1.165, 1.54) is 16.8 Å². The van der Waals surface area contributed by atoms with Crippen LogP contribution in [0.1, 0.15) is 12.0 Å². The van der Waals surface area contributed by atoms with Crippen LogP contribution in [0.5, 0.6) is 5.75 Å². The Morgan fingerprint density at radius 2 is 2.04 bits per heavy atom. The molecule has 9 heteroatoms. The average molecular weight is 378 g/mol. The number of benzene rings is 1. The fourth-order valence-electron chi connectivity index (χ4n) is 2.86. The maximum atomic E-state index is 12.6. The number of para-hydroxylation sites is 1. The summed E-state index contributed by atoms with van der Waals surface area (Å²) in [6, 6.07) is 7.51. The molecule has 1 saturated heterocycles. The second-order valence-electron chi connectivity index (χ2n) is 6.11. The van der Waals surface area contributed by atoms with Gasteiger partial charge in [0.2, 0.25) is 0 Å². The van der Waals surface area contributed by atoms with Crippen LogP contribution in [0.4, 0.5) is 0 Å². The van der Waals surface area contributed by atoms with Crippen molar-refractivity contribution in [2.24, 2.45) is 0 Å². The molecule has 0 saturated carbocycles. The number of hydrogen-bond acceptors (Lipinski definition) is 5. The van der Waals surface area contributed by atoms with Gasteiger partial charge in [-0.25, -0.2) is 13.4 Å². The summed E-state index contributed by atoms with van der Waals surface area (Å²) in [5, 5.41) is 0.0696. The number of imidazole rings is 1. The molecule has 1 aromatic carbocycles. The number of carbonyl (C=O) groups excluding carboxylic acids is 1. The fraction of sp³-hybridized carbons (Fsp3) is 0.412. The van der Waals surface area contributed by atoms with Crippen LogP contribution in [0.25, 0.3) is 0 Å². The summed E-state index contributed by atoms with van der Waals surface area (Å²) in [6.45, 7) is 3.32. The largest absolute Gasteiger partial charge is 0.484 e. The molecule has 8 nitrogen and oxygen atoms in total. The van der Waals surface area contributed by atoms with E-state index in [9.17, 15) is 13.2 Å². The molecule has 0 atom stereocenters. The average Bonchev–Trinajstić information content (AvgIpc) is 3.06. The van der Waals surface area contributed by atoms with E-state index in [2.05, 4.69) is 9.97 Å². The van der Waals surface area contributed by atoms with Crippen LogP contribution in [-0.4, -0.2) is 66.3 Å². The minimum absolute atomic E-state index is 0.0574. The monoisotopic (exact) mass is 378 g/mol. The second-order valence-corrected chi connectivity index (χ2v) is 8.01. The lowest BCUT2D eigenvalue weighted by molar-refractivity contribution is -0.133. The SMILES string of the molecule is Cc1ccccc1OCC(=O)N1CCCN(S(=O)(=O)c2cnc[nH]2)CC1. The number of aryl methyl sites for hydroxylation is 1. The molecular formula is C17H22N4O4S. The van der Waals surface area contributed by atoms with Gasteiger partial charge in [0.05, 0.1) is 12.5 Å². The van der Waals surface area contributed by atoms with Crippen LogP contribution < -0.4 is 4.74 Å². The molecule has 140 valence electrons. The highest BCUT2D eigenvalue weighted by molar-refractivity contribution is 7.89. The molecule has 1 fully saturated rings. The Kier molecular flexibility index (Phi) is 5.58. The van der Waals surface area contributed by atoms with Gasteiger partial charge >= 0.3 is 0 Å². The van der Waals surface area contributed by atoms with Crippen molar-refractivity contribution in [3.8, 4) is 5.75 Å². The molecule has 0 unspecified atom stereocenters. The molecule has 2 aromatic rings. The van der Waals surface area contributed by atoms with E-state index in [0.29, 0.717) is 31.8 Å². The molecule has 26 heavy (non-hydrogen) atoms. The van der Waals surface area contributed by atoms with E-state index >= 15 is 0 Å². The third-order valence-electron chi connectivity index (χ3n) is 4.34. The summed E-state index contributed by atoms with van der Waals surface area (Å²) in [5.41, 5.74) is 0.966. The summed E-state index contributed by atoms with van der Waals surface area (Å²) in [6.07, 6.45) is 3.20. The van der Waals surface area contributed by atoms with Gasteiger partial charge in [-0.3, -0.25) is 4.79 Å². The lowest BCUT2D eigenvalue weighted by Gasteiger charge is -2.21. The fourth-order valence-corrected chi connectivity index (χ4v) is 4.22. The first-order chi connectivity index (χ1) is 12.5. The standard InChI is InChI=1S/C17H22N4O4S/c1-14-5-2-3-6-15(14)25-12-17(22)20-7-4-8-21(10-9-20)26(23,24)16-11-18-13-19-16/h2-3,5-6,11,13H,4,7-10,12H2,1H3,(H,18,19). The Labute approximate surface area is 152 Å². The van der Waals surface area contributed by atoms with Crippen molar-refractivity contribution < 1.29 is 17.9 Å². The third-order valence-corrected chi connectivity index (χ3v) is 6.17. The van der Waals surface area contributed by atoms with E-state index in [1.54, 1.807) is 4.90 Å².